The van der Waals surface area contributed by atoms with Crippen LogP contribution in [0.3, 0.4) is 0 Å². The molecule has 1 aromatic heterocycles. The molecule has 4 rings (SSSR count). The number of halogens is 1. The number of ether oxygens (including phenoxy) is 1. The SMILES string of the molecule is COc1ccccc1-n1c(SCc2cccc(Cl)c2)nc2ccccc2c1=O. The molecule has 0 unspecified atom stereocenters. The van der Waals surface area contributed by atoms with Crippen LogP contribution in [0.2, 0.25) is 5.02 Å². The van der Waals surface area contributed by atoms with Crippen LogP contribution >= 0.6 is 23.4 Å². The zero-order valence-electron chi connectivity index (χ0n) is 15.1. The summed E-state index contributed by atoms with van der Waals surface area (Å²) in [5.74, 6) is 1.26. The van der Waals surface area contributed by atoms with Crippen LogP contribution in [0.4, 0.5) is 0 Å². The van der Waals surface area contributed by atoms with Crippen LogP contribution in [0.15, 0.2) is 82.7 Å². The highest BCUT2D eigenvalue weighted by atomic mass is 35.5. The molecular weight excluding hydrogens is 392 g/mol. The number of fused-ring (bicyclic) bond motifs is 1. The minimum Gasteiger partial charge on any atom is -0.495 e. The van der Waals surface area contributed by atoms with Gasteiger partial charge in [0.2, 0.25) is 0 Å². The molecule has 140 valence electrons. The number of methoxy groups -OCH3 is 1. The molecule has 1 heterocycles. The Balaban J connectivity index is 1.87. The van der Waals surface area contributed by atoms with E-state index >= 15 is 0 Å². The Morgan fingerprint density at radius 1 is 1.04 bits per heavy atom. The van der Waals surface area contributed by atoms with E-state index in [1.54, 1.807) is 17.7 Å². The lowest BCUT2D eigenvalue weighted by atomic mass is 10.2. The number of hydrogen-bond acceptors (Lipinski definition) is 4. The van der Waals surface area contributed by atoms with Crippen LogP contribution in [0.25, 0.3) is 16.6 Å². The Hall–Kier alpha value is -2.76. The molecule has 0 radical (unpaired) electrons. The Morgan fingerprint density at radius 3 is 2.64 bits per heavy atom. The number of thioether (sulfide) groups is 1. The maximum absolute atomic E-state index is 13.3. The normalized spacial score (nSPS) is 10.9. The molecule has 0 aliphatic rings. The third-order valence-electron chi connectivity index (χ3n) is 4.33. The van der Waals surface area contributed by atoms with Crippen LogP contribution in [-0.2, 0) is 5.75 Å². The lowest BCUT2D eigenvalue weighted by Gasteiger charge is -2.15. The highest BCUT2D eigenvalue weighted by Gasteiger charge is 2.16. The third-order valence-corrected chi connectivity index (χ3v) is 5.57. The van der Waals surface area contributed by atoms with Gasteiger partial charge in [0.05, 0.1) is 23.7 Å². The van der Waals surface area contributed by atoms with E-state index in [-0.39, 0.29) is 5.56 Å². The van der Waals surface area contributed by atoms with Crippen LogP contribution < -0.4 is 10.3 Å². The summed E-state index contributed by atoms with van der Waals surface area (Å²) < 4.78 is 7.11. The van der Waals surface area contributed by atoms with E-state index in [0.29, 0.717) is 38.3 Å². The lowest BCUT2D eigenvalue weighted by Crippen LogP contribution is -2.22. The monoisotopic (exact) mass is 408 g/mol. The largest absolute Gasteiger partial charge is 0.495 e. The van der Waals surface area contributed by atoms with E-state index in [9.17, 15) is 4.79 Å². The summed E-state index contributed by atoms with van der Waals surface area (Å²) >= 11 is 7.59. The van der Waals surface area contributed by atoms with Crippen molar-refractivity contribution < 1.29 is 4.74 Å². The fourth-order valence-electron chi connectivity index (χ4n) is 3.01. The Morgan fingerprint density at radius 2 is 1.82 bits per heavy atom. The summed E-state index contributed by atoms with van der Waals surface area (Å²) in [5, 5.41) is 1.86. The van der Waals surface area contributed by atoms with Gasteiger partial charge >= 0.3 is 0 Å². The quantitative estimate of drug-likeness (QED) is 0.330. The molecule has 0 fully saturated rings. The maximum atomic E-state index is 13.3. The van der Waals surface area contributed by atoms with Gasteiger partial charge in [-0.3, -0.25) is 9.36 Å². The van der Waals surface area contributed by atoms with Crippen molar-refractivity contribution in [3.05, 3.63) is 93.7 Å². The zero-order chi connectivity index (χ0) is 19.5. The average Bonchev–Trinajstić information content (AvgIpc) is 2.72. The van der Waals surface area contributed by atoms with Crippen LogP contribution in [0.5, 0.6) is 5.75 Å². The number of rotatable bonds is 5. The highest BCUT2D eigenvalue weighted by molar-refractivity contribution is 7.98. The molecule has 4 nitrogen and oxygen atoms in total. The van der Waals surface area contributed by atoms with Gasteiger partial charge in [0.1, 0.15) is 5.75 Å². The number of nitrogens with zero attached hydrogens (tertiary/aromatic N) is 2. The molecular formula is C22H17ClN2O2S. The Bertz CT molecular complexity index is 1210. The van der Waals surface area contributed by atoms with Crippen LogP contribution in [-0.4, -0.2) is 16.7 Å². The molecule has 4 aromatic rings. The van der Waals surface area contributed by atoms with E-state index < -0.39 is 0 Å². The standard InChI is InChI=1S/C22H17ClN2O2S/c1-27-20-12-5-4-11-19(20)25-21(26)17-9-2-3-10-18(17)24-22(25)28-14-15-7-6-8-16(23)13-15/h2-13H,14H2,1H3. The molecule has 3 aromatic carbocycles. The molecule has 0 N–H and O–H groups in total. The van der Waals surface area contributed by atoms with E-state index in [0.717, 1.165) is 5.56 Å². The summed E-state index contributed by atoms with van der Waals surface area (Å²) in [6.07, 6.45) is 0. The second-order valence-corrected chi connectivity index (χ2v) is 7.52. The van der Waals surface area contributed by atoms with Gasteiger partial charge in [-0.2, -0.15) is 0 Å². The van der Waals surface area contributed by atoms with Gasteiger partial charge in [-0.1, -0.05) is 59.8 Å². The van der Waals surface area contributed by atoms with Gasteiger partial charge < -0.3 is 4.74 Å². The minimum absolute atomic E-state index is 0.122. The number of hydrogen-bond donors (Lipinski definition) is 0. The van der Waals surface area contributed by atoms with Crippen molar-refractivity contribution in [2.75, 3.05) is 7.11 Å². The van der Waals surface area contributed by atoms with Gasteiger partial charge in [0.25, 0.3) is 5.56 Å². The van der Waals surface area contributed by atoms with Crippen LogP contribution in [0.1, 0.15) is 5.56 Å². The summed E-state index contributed by atoms with van der Waals surface area (Å²) in [6, 6.07) is 22.5. The van der Waals surface area contributed by atoms with Gasteiger partial charge in [0.15, 0.2) is 5.16 Å². The molecule has 28 heavy (non-hydrogen) atoms. The third kappa shape index (κ3) is 3.63. The maximum Gasteiger partial charge on any atom is 0.266 e. The van der Waals surface area contributed by atoms with Crippen molar-refractivity contribution in [1.29, 1.82) is 0 Å². The van der Waals surface area contributed by atoms with E-state index in [2.05, 4.69) is 0 Å². The smallest absolute Gasteiger partial charge is 0.266 e. The van der Waals surface area contributed by atoms with Crippen molar-refractivity contribution in [2.45, 2.75) is 10.9 Å². The predicted octanol–water partition coefficient (Wildman–Crippen LogP) is 5.34. The molecule has 0 aliphatic carbocycles. The molecule has 0 aliphatic heterocycles. The molecule has 6 heteroatoms. The molecule has 0 spiro atoms. The molecule has 0 saturated carbocycles. The zero-order valence-corrected chi connectivity index (χ0v) is 16.7. The lowest BCUT2D eigenvalue weighted by molar-refractivity contribution is 0.411. The van der Waals surface area contributed by atoms with Gasteiger partial charge in [-0.15, -0.1) is 0 Å². The van der Waals surface area contributed by atoms with E-state index in [4.69, 9.17) is 21.3 Å². The highest BCUT2D eigenvalue weighted by Crippen LogP contribution is 2.29. The summed E-state index contributed by atoms with van der Waals surface area (Å²) in [6.45, 7) is 0. The van der Waals surface area contributed by atoms with Crippen molar-refractivity contribution in [1.82, 2.24) is 9.55 Å². The minimum atomic E-state index is -0.122. The van der Waals surface area contributed by atoms with Crippen molar-refractivity contribution in [3.8, 4) is 11.4 Å². The number of para-hydroxylation sites is 3. The molecule has 0 bridgehead atoms. The van der Waals surface area contributed by atoms with Crippen molar-refractivity contribution >= 4 is 34.3 Å². The van der Waals surface area contributed by atoms with E-state index in [1.165, 1.54) is 11.8 Å². The van der Waals surface area contributed by atoms with E-state index in [1.807, 2.05) is 66.7 Å². The topological polar surface area (TPSA) is 44.1 Å². The fraction of sp³-hybridized carbons (Fsp3) is 0.0909. The Labute approximate surface area is 171 Å². The van der Waals surface area contributed by atoms with Crippen molar-refractivity contribution in [3.63, 3.8) is 0 Å². The number of benzene rings is 3. The molecule has 0 atom stereocenters. The molecule has 0 saturated heterocycles. The molecule has 0 amide bonds. The first-order valence-electron chi connectivity index (χ1n) is 8.70. The van der Waals surface area contributed by atoms with Gasteiger partial charge in [0, 0.05) is 10.8 Å². The number of aromatic nitrogens is 2. The predicted molar refractivity (Wildman–Crippen MR) is 115 cm³/mol. The first-order valence-corrected chi connectivity index (χ1v) is 10.1. The van der Waals surface area contributed by atoms with Gasteiger partial charge in [-0.05, 0) is 42.0 Å². The summed E-state index contributed by atoms with van der Waals surface area (Å²) in [5.41, 5.74) is 2.28. The Kier molecular flexibility index (Phi) is 5.37. The second-order valence-electron chi connectivity index (χ2n) is 6.14. The van der Waals surface area contributed by atoms with Crippen LogP contribution in [0, 0.1) is 0 Å². The first kappa shape index (κ1) is 18.6. The van der Waals surface area contributed by atoms with Crippen molar-refractivity contribution in [2.24, 2.45) is 0 Å². The summed E-state index contributed by atoms with van der Waals surface area (Å²) in [7, 11) is 1.59. The second kappa shape index (κ2) is 8.09. The fourth-order valence-corrected chi connectivity index (χ4v) is 4.17. The average molecular weight is 409 g/mol. The first-order chi connectivity index (χ1) is 13.7. The summed E-state index contributed by atoms with van der Waals surface area (Å²) in [4.78, 5) is 18.1. The van der Waals surface area contributed by atoms with Gasteiger partial charge in [-0.25, -0.2) is 4.98 Å².